The van der Waals surface area contributed by atoms with Crippen LogP contribution in [0, 0.1) is 18.8 Å². The van der Waals surface area contributed by atoms with Gasteiger partial charge in [0.05, 0.1) is 31.1 Å². The Labute approximate surface area is 195 Å². The summed E-state index contributed by atoms with van der Waals surface area (Å²) in [4.78, 5) is 0. The molecule has 170 valence electrons. The van der Waals surface area contributed by atoms with Crippen LogP contribution in [0.5, 0.6) is 0 Å². The van der Waals surface area contributed by atoms with E-state index in [1.807, 2.05) is 53.3 Å². The molecule has 0 amide bonds. The van der Waals surface area contributed by atoms with Crippen molar-refractivity contribution in [2.75, 3.05) is 13.2 Å². The summed E-state index contributed by atoms with van der Waals surface area (Å²) in [6, 6.07) is 15.8. The Morgan fingerprint density at radius 3 is 2.85 bits per heavy atom. The van der Waals surface area contributed by atoms with Gasteiger partial charge in [-0.3, -0.25) is 0 Å². The van der Waals surface area contributed by atoms with E-state index in [1.54, 1.807) is 6.20 Å². The zero-order valence-corrected chi connectivity index (χ0v) is 18.9. The monoisotopic (exact) mass is 442 g/mol. The number of aryl methyl sites for hydroxylation is 1. The van der Waals surface area contributed by atoms with Crippen LogP contribution in [-0.2, 0) is 11.3 Å². The van der Waals surface area contributed by atoms with E-state index in [9.17, 15) is 0 Å². The second kappa shape index (κ2) is 10.8. The van der Waals surface area contributed by atoms with Crippen molar-refractivity contribution in [3.63, 3.8) is 0 Å². The zero-order chi connectivity index (χ0) is 23.0. The van der Waals surface area contributed by atoms with Crippen LogP contribution in [0.25, 0.3) is 17.0 Å². The number of nitrogens with zero attached hydrogens (tertiary/aromatic N) is 4. The van der Waals surface area contributed by atoms with Crippen molar-refractivity contribution in [2.24, 2.45) is 11.6 Å². The van der Waals surface area contributed by atoms with Crippen LogP contribution in [0.4, 0.5) is 0 Å². The van der Waals surface area contributed by atoms with Crippen LogP contribution in [0.1, 0.15) is 36.0 Å². The summed E-state index contributed by atoms with van der Waals surface area (Å²) >= 11 is 0. The quantitative estimate of drug-likeness (QED) is 0.346. The predicted octanol–water partition coefficient (Wildman–Crippen LogP) is 3.31. The molecule has 1 fully saturated rings. The Balaban J connectivity index is 1.37. The van der Waals surface area contributed by atoms with E-state index in [-0.39, 0.29) is 6.10 Å². The fourth-order valence-electron chi connectivity index (χ4n) is 3.86. The first kappa shape index (κ1) is 22.6. The Bertz CT molecular complexity index is 1150. The van der Waals surface area contributed by atoms with Crippen molar-refractivity contribution in [2.45, 2.75) is 38.8 Å². The first-order valence-corrected chi connectivity index (χ1v) is 11.2. The van der Waals surface area contributed by atoms with Gasteiger partial charge in [-0.1, -0.05) is 53.5 Å². The minimum Gasteiger partial charge on any atom is -0.397 e. The van der Waals surface area contributed by atoms with Crippen LogP contribution in [-0.4, -0.2) is 39.3 Å². The smallest absolute Gasteiger partial charge is 0.113 e. The highest BCUT2D eigenvalue weighted by Gasteiger charge is 2.16. The van der Waals surface area contributed by atoms with Crippen molar-refractivity contribution in [1.82, 2.24) is 20.0 Å². The van der Waals surface area contributed by atoms with Gasteiger partial charge in [0.2, 0.25) is 0 Å². The molecule has 4 N–H and O–H groups in total. The molecule has 3 aromatic rings. The highest BCUT2D eigenvalue weighted by molar-refractivity contribution is 5.64. The third kappa shape index (κ3) is 6.22. The van der Waals surface area contributed by atoms with Crippen molar-refractivity contribution in [3.05, 3.63) is 77.6 Å². The fourth-order valence-corrected chi connectivity index (χ4v) is 3.86. The molecule has 2 aromatic carbocycles. The normalized spacial score (nSPS) is 16.2. The maximum absolute atomic E-state index is 6.10. The molecule has 1 aromatic heterocycles. The molecule has 2 heterocycles. The summed E-state index contributed by atoms with van der Waals surface area (Å²) < 4.78 is 7.69. The van der Waals surface area contributed by atoms with Gasteiger partial charge in [-0.25, -0.2) is 10.5 Å². The molecule has 7 nitrogen and oxygen atoms in total. The molecule has 1 saturated heterocycles. The van der Waals surface area contributed by atoms with Crippen LogP contribution in [0.2, 0.25) is 0 Å². The summed E-state index contributed by atoms with van der Waals surface area (Å²) in [5.41, 5.74) is 11.6. The van der Waals surface area contributed by atoms with Crippen LogP contribution < -0.4 is 11.6 Å². The summed E-state index contributed by atoms with van der Waals surface area (Å²) in [6.45, 7) is 4.01. The topological polar surface area (TPSA) is 95.2 Å². The van der Waals surface area contributed by atoms with E-state index in [0.29, 0.717) is 12.2 Å². The molecule has 4 rings (SSSR count). The number of ether oxygens (including phenoxy) is 1. The fraction of sp³-hybridized carbons (Fsp3) is 0.308. The van der Waals surface area contributed by atoms with Crippen molar-refractivity contribution in [1.29, 1.82) is 0 Å². The van der Waals surface area contributed by atoms with Gasteiger partial charge < -0.3 is 15.5 Å². The second-order valence-corrected chi connectivity index (χ2v) is 8.27. The average Bonchev–Trinajstić information content (AvgIpc) is 3.28. The standard InChI is InChI=1S/C26H30N6O/c1-20-16-21(8-7-14-31(28)18-25(27)22-9-3-2-4-10-22)12-13-24(20)26-19-32(30-29-26)17-23-11-5-6-15-33-23/h2-4,9-10,12-13,16,18-19,23H,5-6,11,14-15,17,27-28H2,1H3/b25-18-. The highest BCUT2D eigenvalue weighted by Crippen LogP contribution is 2.22. The van der Waals surface area contributed by atoms with Gasteiger partial charge in [0.25, 0.3) is 0 Å². The number of benzene rings is 2. The molecule has 1 aliphatic rings. The molecule has 0 radical (unpaired) electrons. The molecule has 1 atom stereocenters. The van der Waals surface area contributed by atoms with Crippen LogP contribution in [0.3, 0.4) is 0 Å². The third-order valence-electron chi connectivity index (χ3n) is 5.61. The number of nitrogens with two attached hydrogens (primary N) is 2. The van der Waals surface area contributed by atoms with Crippen molar-refractivity contribution in [3.8, 4) is 23.1 Å². The van der Waals surface area contributed by atoms with E-state index >= 15 is 0 Å². The maximum Gasteiger partial charge on any atom is 0.113 e. The van der Waals surface area contributed by atoms with Gasteiger partial charge in [0.1, 0.15) is 5.69 Å². The molecular formula is C26H30N6O. The van der Waals surface area contributed by atoms with E-state index in [2.05, 4.69) is 35.1 Å². The van der Waals surface area contributed by atoms with Crippen molar-refractivity contribution >= 4 is 5.70 Å². The number of rotatable bonds is 6. The van der Waals surface area contributed by atoms with Crippen molar-refractivity contribution < 1.29 is 4.74 Å². The maximum atomic E-state index is 6.10. The van der Waals surface area contributed by atoms with Gasteiger partial charge in [-0.15, -0.1) is 5.10 Å². The Morgan fingerprint density at radius 1 is 1.24 bits per heavy atom. The number of hydrogen-bond acceptors (Lipinski definition) is 6. The first-order chi connectivity index (χ1) is 16.1. The van der Waals surface area contributed by atoms with Gasteiger partial charge in [0, 0.05) is 23.9 Å². The molecule has 33 heavy (non-hydrogen) atoms. The first-order valence-electron chi connectivity index (χ1n) is 11.2. The second-order valence-electron chi connectivity index (χ2n) is 8.27. The highest BCUT2D eigenvalue weighted by atomic mass is 16.5. The summed E-state index contributed by atoms with van der Waals surface area (Å²) in [7, 11) is 0. The van der Waals surface area contributed by atoms with Gasteiger partial charge in [-0.05, 0) is 49.4 Å². The third-order valence-corrected chi connectivity index (χ3v) is 5.61. The lowest BCUT2D eigenvalue weighted by Crippen LogP contribution is -2.26. The SMILES string of the molecule is Cc1cc(C#CCN(N)/C=C(\N)c2ccccc2)ccc1-c1cn(CC2CCCCO2)nn1. The lowest BCUT2D eigenvalue weighted by Gasteiger charge is -2.21. The van der Waals surface area contributed by atoms with Crippen LogP contribution >= 0.6 is 0 Å². The molecule has 0 aliphatic carbocycles. The molecular weight excluding hydrogens is 412 g/mol. The molecule has 0 saturated carbocycles. The van der Waals surface area contributed by atoms with Gasteiger partial charge in [-0.2, -0.15) is 0 Å². The molecule has 0 spiro atoms. The zero-order valence-electron chi connectivity index (χ0n) is 18.9. The van der Waals surface area contributed by atoms with E-state index < -0.39 is 0 Å². The minimum absolute atomic E-state index is 0.229. The molecule has 1 unspecified atom stereocenters. The van der Waals surface area contributed by atoms with E-state index in [1.165, 1.54) is 11.4 Å². The van der Waals surface area contributed by atoms with Gasteiger partial charge >= 0.3 is 0 Å². The molecule has 0 bridgehead atoms. The molecule has 1 aliphatic heterocycles. The number of aromatic nitrogens is 3. The minimum atomic E-state index is 0.229. The lowest BCUT2D eigenvalue weighted by atomic mass is 10.0. The van der Waals surface area contributed by atoms with E-state index in [0.717, 1.165) is 53.9 Å². The largest absolute Gasteiger partial charge is 0.397 e. The lowest BCUT2D eigenvalue weighted by molar-refractivity contribution is 0.00370. The Kier molecular flexibility index (Phi) is 7.40. The van der Waals surface area contributed by atoms with Gasteiger partial charge in [0.15, 0.2) is 0 Å². The summed E-state index contributed by atoms with van der Waals surface area (Å²) in [6.07, 6.45) is 7.35. The number of hydrogen-bond donors (Lipinski definition) is 2. The van der Waals surface area contributed by atoms with E-state index in [4.69, 9.17) is 16.3 Å². The average molecular weight is 443 g/mol. The summed E-state index contributed by atoms with van der Waals surface area (Å²) in [5.74, 6) is 12.3. The van der Waals surface area contributed by atoms with Crippen LogP contribution in [0.15, 0.2) is 60.9 Å². The Morgan fingerprint density at radius 2 is 2.09 bits per heavy atom. The summed E-state index contributed by atoms with van der Waals surface area (Å²) in [5, 5.41) is 10.1. The number of hydrazine groups is 1. The molecule has 7 heteroatoms. The predicted molar refractivity (Wildman–Crippen MR) is 130 cm³/mol. The Hall–Kier alpha value is -3.60.